The molecule has 0 N–H and O–H groups in total. The number of oxime groups is 1. The van der Waals surface area contributed by atoms with Crippen molar-refractivity contribution in [3.63, 3.8) is 0 Å². The molecule has 2 aliphatic heterocycles. The minimum Gasteiger partial charge on any atom is -0.382 e. The SMILES string of the molecule is CC1c2ccsc2CCN1C(=O)C1CC(c2cccc(F)c2)=NO1. The van der Waals surface area contributed by atoms with Crippen LogP contribution in [0.3, 0.4) is 0 Å². The Labute approximate surface area is 143 Å². The maximum absolute atomic E-state index is 13.4. The molecule has 2 atom stereocenters. The molecule has 0 bridgehead atoms. The second-order valence-electron chi connectivity index (χ2n) is 6.10. The number of amides is 1. The van der Waals surface area contributed by atoms with E-state index in [1.165, 1.54) is 22.6 Å². The zero-order valence-corrected chi connectivity index (χ0v) is 14.1. The van der Waals surface area contributed by atoms with Crippen LogP contribution in [0.4, 0.5) is 4.39 Å². The zero-order valence-electron chi connectivity index (χ0n) is 13.2. The lowest BCUT2D eigenvalue weighted by molar-refractivity contribution is -0.144. The number of rotatable bonds is 2. The Morgan fingerprint density at radius 3 is 3.12 bits per heavy atom. The average molecular weight is 344 g/mol. The topological polar surface area (TPSA) is 41.9 Å². The fourth-order valence-corrected chi connectivity index (χ4v) is 4.31. The molecule has 0 saturated carbocycles. The highest BCUT2D eigenvalue weighted by Gasteiger charge is 2.36. The van der Waals surface area contributed by atoms with Crippen LogP contribution in [0, 0.1) is 5.82 Å². The maximum atomic E-state index is 13.4. The summed E-state index contributed by atoms with van der Waals surface area (Å²) >= 11 is 1.75. The van der Waals surface area contributed by atoms with E-state index in [9.17, 15) is 9.18 Å². The Balaban J connectivity index is 1.48. The van der Waals surface area contributed by atoms with Gasteiger partial charge < -0.3 is 9.74 Å². The lowest BCUT2D eigenvalue weighted by Gasteiger charge is -2.34. The van der Waals surface area contributed by atoms with Crippen LogP contribution in [0.2, 0.25) is 0 Å². The minimum atomic E-state index is -0.620. The van der Waals surface area contributed by atoms with Crippen molar-refractivity contribution in [1.82, 2.24) is 4.90 Å². The molecule has 2 aromatic rings. The van der Waals surface area contributed by atoms with Gasteiger partial charge in [0.05, 0.1) is 11.8 Å². The molecule has 2 unspecified atom stereocenters. The molecule has 0 fully saturated rings. The fourth-order valence-electron chi connectivity index (χ4n) is 3.34. The van der Waals surface area contributed by atoms with E-state index in [0.29, 0.717) is 24.2 Å². The minimum absolute atomic E-state index is 0.0468. The summed E-state index contributed by atoms with van der Waals surface area (Å²) in [7, 11) is 0. The van der Waals surface area contributed by atoms with Gasteiger partial charge in [0.15, 0.2) is 0 Å². The predicted octanol–water partition coefficient (Wildman–Crippen LogP) is 3.53. The van der Waals surface area contributed by atoms with Gasteiger partial charge in [0.1, 0.15) is 5.82 Å². The van der Waals surface area contributed by atoms with E-state index in [1.54, 1.807) is 23.5 Å². The number of benzene rings is 1. The standard InChI is InChI=1S/C18H17FN2O2S/c1-11-14-6-8-24-17(14)5-7-21(11)18(22)16-10-15(20-23-16)12-3-2-4-13(19)9-12/h2-4,6,8-9,11,16H,5,7,10H2,1H3. The maximum Gasteiger partial charge on any atom is 0.267 e. The van der Waals surface area contributed by atoms with Gasteiger partial charge in [-0.3, -0.25) is 4.79 Å². The molecular formula is C18H17FN2O2S. The van der Waals surface area contributed by atoms with Crippen LogP contribution < -0.4 is 0 Å². The fraction of sp³-hybridized carbons (Fsp3) is 0.333. The number of carbonyl (C=O) groups excluding carboxylic acids is 1. The summed E-state index contributed by atoms with van der Waals surface area (Å²) in [5, 5.41) is 6.08. The second-order valence-corrected chi connectivity index (χ2v) is 7.10. The number of carbonyl (C=O) groups is 1. The Hall–Kier alpha value is -2.21. The molecule has 2 aliphatic rings. The summed E-state index contributed by atoms with van der Waals surface area (Å²) in [6, 6.07) is 8.35. The van der Waals surface area contributed by atoms with E-state index < -0.39 is 6.10 Å². The smallest absolute Gasteiger partial charge is 0.267 e. The Morgan fingerprint density at radius 2 is 2.29 bits per heavy atom. The first-order valence-corrected chi connectivity index (χ1v) is 8.87. The van der Waals surface area contributed by atoms with Gasteiger partial charge in [-0.25, -0.2) is 4.39 Å². The second kappa shape index (κ2) is 6.02. The van der Waals surface area contributed by atoms with Crippen LogP contribution in [0.5, 0.6) is 0 Å². The molecule has 0 spiro atoms. The van der Waals surface area contributed by atoms with Gasteiger partial charge in [0, 0.05) is 23.4 Å². The van der Waals surface area contributed by atoms with Crippen molar-refractivity contribution < 1.29 is 14.0 Å². The zero-order chi connectivity index (χ0) is 16.7. The molecule has 1 amide bonds. The van der Waals surface area contributed by atoms with Crippen molar-refractivity contribution >= 4 is 23.0 Å². The quantitative estimate of drug-likeness (QED) is 0.836. The molecule has 0 saturated heterocycles. The third-order valence-electron chi connectivity index (χ3n) is 4.66. The van der Waals surface area contributed by atoms with E-state index in [1.807, 2.05) is 11.8 Å². The molecule has 0 radical (unpaired) electrons. The molecule has 24 heavy (non-hydrogen) atoms. The molecule has 1 aromatic heterocycles. The van der Waals surface area contributed by atoms with E-state index in [0.717, 1.165) is 6.42 Å². The highest BCUT2D eigenvalue weighted by Crippen LogP contribution is 2.34. The summed E-state index contributed by atoms with van der Waals surface area (Å²) in [5.74, 6) is -0.367. The lowest BCUT2D eigenvalue weighted by atomic mass is 9.99. The van der Waals surface area contributed by atoms with Gasteiger partial charge in [-0.1, -0.05) is 17.3 Å². The van der Waals surface area contributed by atoms with Crippen LogP contribution in [0.25, 0.3) is 0 Å². The molecule has 4 rings (SSSR count). The highest BCUT2D eigenvalue weighted by molar-refractivity contribution is 7.10. The molecule has 6 heteroatoms. The van der Waals surface area contributed by atoms with Crippen LogP contribution >= 0.6 is 11.3 Å². The Kier molecular flexibility index (Phi) is 3.84. The number of hydrogen-bond acceptors (Lipinski definition) is 4. The Bertz CT molecular complexity index is 817. The predicted molar refractivity (Wildman–Crippen MR) is 90.6 cm³/mol. The van der Waals surface area contributed by atoms with Crippen LogP contribution in [-0.4, -0.2) is 29.2 Å². The van der Waals surface area contributed by atoms with E-state index in [-0.39, 0.29) is 17.8 Å². The number of halogens is 1. The lowest BCUT2D eigenvalue weighted by Crippen LogP contribution is -2.44. The monoisotopic (exact) mass is 344 g/mol. The van der Waals surface area contributed by atoms with Crippen LogP contribution in [0.15, 0.2) is 40.9 Å². The first kappa shape index (κ1) is 15.3. The molecular weight excluding hydrogens is 327 g/mol. The largest absolute Gasteiger partial charge is 0.382 e. The van der Waals surface area contributed by atoms with Crippen molar-refractivity contribution in [2.24, 2.45) is 5.16 Å². The van der Waals surface area contributed by atoms with Gasteiger partial charge >= 0.3 is 0 Å². The molecule has 4 nitrogen and oxygen atoms in total. The van der Waals surface area contributed by atoms with E-state index in [4.69, 9.17) is 4.84 Å². The van der Waals surface area contributed by atoms with Crippen LogP contribution in [-0.2, 0) is 16.1 Å². The Morgan fingerprint density at radius 1 is 1.42 bits per heavy atom. The number of thiophene rings is 1. The number of nitrogens with zero attached hydrogens (tertiary/aromatic N) is 2. The normalized spacial score (nSPS) is 22.8. The summed E-state index contributed by atoms with van der Waals surface area (Å²) in [5.41, 5.74) is 2.51. The van der Waals surface area contributed by atoms with Gasteiger partial charge in [-0.15, -0.1) is 11.3 Å². The summed E-state index contributed by atoms with van der Waals surface area (Å²) < 4.78 is 13.4. The summed E-state index contributed by atoms with van der Waals surface area (Å²) in [6.07, 6.45) is 0.640. The third kappa shape index (κ3) is 2.60. The highest BCUT2D eigenvalue weighted by atomic mass is 32.1. The van der Waals surface area contributed by atoms with E-state index in [2.05, 4.69) is 16.6 Å². The molecule has 0 aliphatic carbocycles. The van der Waals surface area contributed by atoms with Gasteiger partial charge in [0.25, 0.3) is 5.91 Å². The number of hydrogen-bond donors (Lipinski definition) is 0. The van der Waals surface area contributed by atoms with Gasteiger partial charge in [0.2, 0.25) is 6.10 Å². The van der Waals surface area contributed by atoms with Gasteiger partial charge in [-0.05, 0) is 42.5 Å². The van der Waals surface area contributed by atoms with Crippen molar-refractivity contribution in [3.05, 3.63) is 57.5 Å². The first-order valence-electron chi connectivity index (χ1n) is 7.99. The molecule has 1 aromatic carbocycles. The summed E-state index contributed by atoms with van der Waals surface area (Å²) in [4.78, 5) is 21.4. The van der Waals surface area contributed by atoms with Crippen molar-refractivity contribution in [3.8, 4) is 0 Å². The van der Waals surface area contributed by atoms with Gasteiger partial charge in [-0.2, -0.15) is 0 Å². The van der Waals surface area contributed by atoms with E-state index >= 15 is 0 Å². The third-order valence-corrected chi connectivity index (χ3v) is 5.66. The van der Waals surface area contributed by atoms with Crippen LogP contribution in [0.1, 0.15) is 35.4 Å². The first-order chi connectivity index (χ1) is 11.6. The molecule has 3 heterocycles. The summed E-state index contributed by atoms with van der Waals surface area (Å²) in [6.45, 7) is 2.74. The number of fused-ring (bicyclic) bond motifs is 1. The molecule has 124 valence electrons. The van der Waals surface area contributed by atoms with Crippen molar-refractivity contribution in [2.75, 3.05) is 6.54 Å². The average Bonchev–Trinajstić information content (AvgIpc) is 3.24. The van der Waals surface area contributed by atoms with Crippen molar-refractivity contribution in [2.45, 2.75) is 31.9 Å². The van der Waals surface area contributed by atoms with Crippen molar-refractivity contribution in [1.29, 1.82) is 0 Å².